The highest BCUT2D eigenvalue weighted by molar-refractivity contribution is 7.09. The predicted molar refractivity (Wildman–Crippen MR) is 120 cm³/mol. The molecule has 0 atom stereocenters. The van der Waals surface area contributed by atoms with Gasteiger partial charge in [-0.25, -0.2) is 4.98 Å². The molecule has 1 amide bonds. The largest absolute Gasteiger partial charge is 0.497 e. The van der Waals surface area contributed by atoms with E-state index in [-0.39, 0.29) is 11.9 Å². The molecule has 0 aliphatic heterocycles. The number of carbonyl (C=O) groups excluding carboxylic acids is 1. The van der Waals surface area contributed by atoms with Gasteiger partial charge in [-0.2, -0.15) is 13.2 Å². The van der Waals surface area contributed by atoms with Crippen LogP contribution < -0.4 is 10.1 Å². The van der Waals surface area contributed by atoms with Crippen molar-refractivity contribution in [3.8, 4) is 5.75 Å². The van der Waals surface area contributed by atoms with Crippen LogP contribution in [0.2, 0.25) is 0 Å². The van der Waals surface area contributed by atoms with Gasteiger partial charge in [0.05, 0.1) is 19.2 Å². The number of aromatic nitrogens is 1. The van der Waals surface area contributed by atoms with Crippen molar-refractivity contribution in [2.45, 2.75) is 44.7 Å². The molecule has 1 fully saturated rings. The number of amides is 1. The minimum absolute atomic E-state index is 0.181. The van der Waals surface area contributed by atoms with Crippen molar-refractivity contribution >= 4 is 17.2 Å². The molecule has 1 aliphatic rings. The Kier molecular flexibility index (Phi) is 6.99. The van der Waals surface area contributed by atoms with E-state index in [9.17, 15) is 18.0 Å². The third-order valence-corrected chi connectivity index (χ3v) is 6.12. The first-order chi connectivity index (χ1) is 15.8. The van der Waals surface area contributed by atoms with Crippen LogP contribution in [0.3, 0.4) is 0 Å². The maximum Gasteiger partial charge on any atom is 0.416 e. The molecule has 3 aromatic rings. The summed E-state index contributed by atoms with van der Waals surface area (Å²) in [6.07, 6.45) is -2.40. The second-order valence-electron chi connectivity index (χ2n) is 8.07. The van der Waals surface area contributed by atoms with Gasteiger partial charge in [-0.05, 0) is 42.2 Å². The molecule has 1 saturated carbocycles. The quantitative estimate of drug-likeness (QED) is 0.458. The zero-order valence-corrected chi connectivity index (χ0v) is 18.9. The van der Waals surface area contributed by atoms with Gasteiger partial charge in [0.2, 0.25) is 0 Å². The lowest BCUT2D eigenvalue weighted by molar-refractivity contribution is -0.137. The summed E-state index contributed by atoms with van der Waals surface area (Å²) in [5.74, 6) is 0.550. The van der Waals surface area contributed by atoms with Gasteiger partial charge in [-0.15, -0.1) is 11.3 Å². The number of hydrogen-bond acceptors (Lipinski definition) is 5. The van der Waals surface area contributed by atoms with Crippen molar-refractivity contribution in [2.75, 3.05) is 7.11 Å². The molecule has 0 radical (unpaired) electrons. The fourth-order valence-electron chi connectivity index (χ4n) is 3.43. The lowest BCUT2D eigenvalue weighted by atomic mass is 10.1. The van der Waals surface area contributed by atoms with Gasteiger partial charge in [0.15, 0.2) is 0 Å². The van der Waals surface area contributed by atoms with Crippen LogP contribution >= 0.6 is 11.3 Å². The van der Waals surface area contributed by atoms with Crippen molar-refractivity contribution in [3.05, 3.63) is 81.3 Å². The first kappa shape index (κ1) is 23.3. The molecule has 33 heavy (non-hydrogen) atoms. The fraction of sp³-hybridized carbons (Fsp3) is 0.333. The number of nitrogens with zero attached hydrogens (tertiary/aromatic N) is 2. The van der Waals surface area contributed by atoms with Gasteiger partial charge < -0.3 is 10.1 Å². The standard InChI is InChI=1S/C24H24F3N3O2S/c1-32-20-9-5-16(6-10-20)12-30(13-17-3-2-4-18(11-17)24(25,26)27)14-22-29-21(15-33-22)23(31)28-19-7-8-19/h2-6,9-11,15,19H,7-8,12-14H2,1H3,(H,28,31). The van der Waals surface area contributed by atoms with Gasteiger partial charge in [0.25, 0.3) is 5.91 Å². The maximum atomic E-state index is 13.2. The number of hydrogen-bond donors (Lipinski definition) is 1. The smallest absolute Gasteiger partial charge is 0.416 e. The Morgan fingerprint density at radius 1 is 1.12 bits per heavy atom. The molecular weight excluding hydrogens is 451 g/mol. The SMILES string of the molecule is COc1ccc(CN(Cc2cccc(C(F)(F)F)c2)Cc2nc(C(=O)NC3CC3)cs2)cc1. The van der Waals surface area contributed by atoms with E-state index in [0.29, 0.717) is 30.9 Å². The zero-order chi connectivity index (χ0) is 23.4. The molecule has 0 saturated heterocycles. The van der Waals surface area contributed by atoms with Crippen LogP contribution in [0.25, 0.3) is 0 Å². The van der Waals surface area contributed by atoms with Crippen LogP contribution in [-0.2, 0) is 25.8 Å². The van der Waals surface area contributed by atoms with E-state index < -0.39 is 11.7 Å². The number of ether oxygens (including phenoxy) is 1. The Labute approximate surface area is 194 Å². The summed E-state index contributed by atoms with van der Waals surface area (Å²) in [7, 11) is 1.59. The number of benzene rings is 2. The molecule has 1 aromatic heterocycles. The van der Waals surface area contributed by atoms with Crippen molar-refractivity contribution in [2.24, 2.45) is 0 Å². The van der Waals surface area contributed by atoms with Crippen LogP contribution in [0, 0.1) is 0 Å². The molecule has 0 bridgehead atoms. The lowest BCUT2D eigenvalue weighted by Crippen LogP contribution is -2.26. The topological polar surface area (TPSA) is 54.5 Å². The maximum absolute atomic E-state index is 13.2. The molecule has 0 unspecified atom stereocenters. The molecule has 1 N–H and O–H groups in total. The lowest BCUT2D eigenvalue weighted by Gasteiger charge is -2.22. The monoisotopic (exact) mass is 475 g/mol. The minimum Gasteiger partial charge on any atom is -0.497 e. The van der Waals surface area contributed by atoms with Gasteiger partial charge in [0, 0.05) is 24.5 Å². The second-order valence-corrected chi connectivity index (χ2v) is 9.01. The summed E-state index contributed by atoms with van der Waals surface area (Å²) in [5.41, 5.74) is 1.26. The summed E-state index contributed by atoms with van der Waals surface area (Å²) in [4.78, 5) is 18.7. The normalized spacial score (nSPS) is 13.8. The second kappa shape index (κ2) is 9.93. The van der Waals surface area contributed by atoms with Crippen LogP contribution in [-0.4, -0.2) is 28.9 Å². The number of methoxy groups -OCH3 is 1. The molecule has 2 aromatic carbocycles. The first-order valence-electron chi connectivity index (χ1n) is 10.6. The Balaban J connectivity index is 1.52. The number of thiazole rings is 1. The third-order valence-electron chi connectivity index (χ3n) is 5.28. The minimum atomic E-state index is -4.39. The Bertz CT molecular complexity index is 1090. The van der Waals surface area contributed by atoms with Crippen molar-refractivity contribution in [1.82, 2.24) is 15.2 Å². The summed E-state index contributed by atoms with van der Waals surface area (Å²) in [6.45, 7) is 1.21. The van der Waals surface area contributed by atoms with Gasteiger partial charge in [-0.3, -0.25) is 9.69 Å². The summed E-state index contributed by atoms with van der Waals surface area (Å²) in [5, 5.41) is 5.38. The van der Waals surface area contributed by atoms with Crippen LogP contribution in [0.15, 0.2) is 53.9 Å². The van der Waals surface area contributed by atoms with E-state index in [2.05, 4.69) is 10.3 Å². The van der Waals surface area contributed by atoms with Crippen LogP contribution in [0.1, 0.15) is 45.0 Å². The first-order valence-corrected chi connectivity index (χ1v) is 11.4. The van der Waals surface area contributed by atoms with Crippen molar-refractivity contribution in [1.29, 1.82) is 0 Å². The Morgan fingerprint density at radius 2 is 1.85 bits per heavy atom. The summed E-state index contributed by atoms with van der Waals surface area (Å²) in [6, 6.07) is 13.2. The highest BCUT2D eigenvalue weighted by atomic mass is 32.1. The summed E-state index contributed by atoms with van der Waals surface area (Å²) < 4.78 is 44.7. The molecule has 9 heteroatoms. The molecule has 5 nitrogen and oxygen atoms in total. The zero-order valence-electron chi connectivity index (χ0n) is 18.1. The molecule has 1 aliphatic carbocycles. The third kappa shape index (κ3) is 6.55. The van der Waals surface area contributed by atoms with Gasteiger partial charge in [0.1, 0.15) is 16.5 Å². The number of halogens is 3. The van der Waals surface area contributed by atoms with E-state index in [1.807, 2.05) is 29.2 Å². The van der Waals surface area contributed by atoms with Gasteiger partial charge in [-0.1, -0.05) is 30.3 Å². The van der Waals surface area contributed by atoms with E-state index in [1.165, 1.54) is 23.5 Å². The molecule has 0 spiro atoms. The molecule has 174 valence electrons. The summed E-state index contributed by atoms with van der Waals surface area (Å²) >= 11 is 1.37. The van der Waals surface area contributed by atoms with E-state index in [1.54, 1.807) is 18.6 Å². The number of alkyl halides is 3. The predicted octanol–water partition coefficient (Wildman–Crippen LogP) is 5.27. The molecule has 4 rings (SSSR count). The highest BCUT2D eigenvalue weighted by Crippen LogP contribution is 2.30. The van der Waals surface area contributed by atoms with Crippen LogP contribution in [0.4, 0.5) is 13.2 Å². The van der Waals surface area contributed by atoms with Crippen molar-refractivity contribution < 1.29 is 22.7 Å². The van der Waals surface area contributed by atoms with E-state index in [0.717, 1.165) is 35.2 Å². The Hall–Kier alpha value is -2.91. The number of nitrogens with one attached hydrogen (secondary N) is 1. The average molecular weight is 476 g/mol. The fourth-order valence-corrected chi connectivity index (χ4v) is 4.24. The van der Waals surface area contributed by atoms with E-state index >= 15 is 0 Å². The van der Waals surface area contributed by atoms with Gasteiger partial charge >= 0.3 is 6.18 Å². The average Bonchev–Trinajstić information content (AvgIpc) is 3.48. The molecular formula is C24H24F3N3O2S. The Morgan fingerprint density at radius 3 is 2.52 bits per heavy atom. The number of rotatable bonds is 9. The highest BCUT2D eigenvalue weighted by Gasteiger charge is 2.30. The number of carbonyl (C=O) groups is 1. The molecule has 1 heterocycles. The van der Waals surface area contributed by atoms with Crippen molar-refractivity contribution in [3.63, 3.8) is 0 Å². The van der Waals surface area contributed by atoms with E-state index in [4.69, 9.17) is 4.74 Å². The van der Waals surface area contributed by atoms with Crippen LogP contribution in [0.5, 0.6) is 5.75 Å².